The third-order valence-corrected chi connectivity index (χ3v) is 5.48. The van der Waals surface area contributed by atoms with Gasteiger partial charge in [0.15, 0.2) is 0 Å². The molecule has 0 bridgehead atoms. The summed E-state index contributed by atoms with van der Waals surface area (Å²) in [4.78, 5) is 1.05. The number of hydrogen-bond donors (Lipinski definition) is 0. The van der Waals surface area contributed by atoms with Crippen molar-refractivity contribution in [1.29, 1.82) is 0 Å². The van der Waals surface area contributed by atoms with Gasteiger partial charge in [0.25, 0.3) is 0 Å². The molecule has 0 radical (unpaired) electrons. The Morgan fingerprint density at radius 2 is 2.12 bits per heavy atom. The lowest BCUT2D eigenvalue weighted by Crippen LogP contribution is -2.39. The number of thioether (sulfide) groups is 1. The molecule has 0 aliphatic carbocycles. The van der Waals surface area contributed by atoms with Gasteiger partial charge in [-0.2, -0.15) is 0 Å². The Bertz CT molecular complexity index is 485. The fourth-order valence-corrected chi connectivity index (χ4v) is 4.25. The van der Waals surface area contributed by atoms with E-state index in [1.807, 2.05) is 24.3 Å². The standard InChI is InChI=1S/C11H15NO2S2/c1-3-16(13,14)12-8-9(2)15-11-7-5-4-6-10(11)12/h4-7,9H,3,8H2,1-2H3. The lowest BCUT2D eigenvalue weighted by molar-refractivity contribution is 0.591. The van der Waals surface area contributed by atoms with E-state index in [2.05, 4.69) is 6.92 Å². The minimum atomic E-state index is -3.15. The third kappa shape index (κ3) is 2.06. The van der Waals surface area contributed by atoms with Crippen molar-refractivity contribution >= 4 is 27.5 Å². The number of hydrogen-bond acceptors (Lipinski definition) is 3. The molecule has 0 fully saturated rings. The molecule has 88 valence electrons. The van der Waals surface area contributed by atoms with E-state index in [-0.39, 0.29) is 5.75 Å². The van der Waals surface area contributed by atoms with E-state index in [1.54, 1.807) is 23.0 Å². The van der Waals surface area contributed by atoms with Gasteiger partial charge < -0.3 is 0 Å². The molecule has 2 rings (SSSR count). The first-order valence-corrected chi connectivity index (χ1v) is 7.79. The van der Waals surface area contributed by atoms with Crippen LogP contribution in [0.3, 0.4) is 0 Å². The summed E-state index contributed by atoms with van der Waals surface area (Å²) < 4.78 is 25.5. The highest BCUT2D eigenvalue weighted by molar-refractivity contribution is 8.00. The maximum atomic E-state index is 12.0. The molecule has 1 aromatic rings. The lowest BCUT2D eigenvalue weighted by atomic mass is 10.3. The normalized spacial score (nSPS) is 20.6. The number of benzene rings is 1. The van der Waals surface area contributed by atoms with Crippen LogP contribution < -0.4 is 4.31 Å². The Morgan fingerprint density at radius 3 is 2.81 bits per heavy atom. The minimum absolute atomic E-state index is 0.152. The topological polar surface area (TPSA) is 37.4 Å². The second-order valence-corrected chi connectivity index (χ2v) is 7.49. The second-order valence-electron chi connectivity index (χ2n) is 3.83. The van der Waals surface area contributed by atoms with Crippen LogP contribution in [0.5, 0.6) is 0 Å². The van der Waals surface area contributed by atoms with Gasteiger partial charge >= 0.3 is 0 Å². The summed E-state index contributed by atoms with van der Waals surface area (Å²) >= 11 is 1.74. The lowest BCUT2D eigenvalue weighted by Gasteiger charge is -2.33. The van der Waals surface area contributed by atoms with E-state index in [1.165, 1.54) is 0 Å². The molecule has 1 aromatic carbocycles. The minimum Gasteiger partial charge on any atom is -0.268 e. The molecule has 0 saturated carbocycles. The second kappa shape index (κ2) is 4.30. The number of fused-ring (bicyclic) bond motifs is 1. The van der Waals surface area contributed by atoms with Gasteiger partial charge in [-0.15, -0.1) is 11.8 Å². The SMILES string of the molecule is CCS(=O)(=O)N1CC(C)Sc2ccccc21. The van der Waals surface area contributed by atoms with Crippen LogP contribution in [0.2, 0.25) is 0 Å². The van der Waals surface area contributed by atoms with Crippen LogP contribution in [0.15, 0.2) is 29.2 Å². The van der Waals surface area contributed by atoms with E-state index >= 15 is 0 Å². The molecule has 0 spiro atoms. The van der Waals surface area contributed by atoms with Gasteiger partial charge in [-0.1, -0.05) is 19.1 Å². The first kappa shape index (κ1) is 11.8. The highest BCUT2D eigenvalue weighted by atomic mass is 32.2. The van der Waals surface area contributed by atoms with Gasteiger partial charge in [-0.25, -0.2) is 8.42 Å². The zero-order valence-corrected chi connectivity index (χ0v) is 11.0. The van der Waals surface area contributed by atoms with E-state index in [9.17, 15) is 8.42 Å². The fourth-order valence-electron chi connectivity index (χ4n) is 1.77. The summed E-state index contributed by atoms with van der Waals surface area (Å²) in [5.74, 6) is 0.152. The Morgan fingerprint density at radius 1 is 1.44 bits per heavy atom. The van der Waals surface area contributed by atoms with Crippen molar-refractivity contribution in [3.8, 4) is 0 Å². The van der Waals surface area contributed by atoms with Crippen LogP contribution in [-0.4, -0.2) is 26.0 Å². The van der Waals surface area contributed by atoms with Crippen molar-refractivity contribution in [3.63, 3.8) is 0 Å². The zero-order chi connectivity index (χ0) is 11.8. The van der Waals surface area contributed by atoms with Crippen molar-refractivity contribution in [2.45, 2.75) is 24.0 Å². The summed E-state index contributed by atoms with van der Waals surface area (Å²) in [5, 5.41) is 0.302. The van der Waals surface area contributed by atoms with Crippen molar-refractivity contribution < 1.29 is 8.42 Å². The Balaban J connectivity index is 2.49. The van der Waals surface area contributed by atoms with Crippen LogP contribution in [0.1, 0.15) is 13.8 Å². The van der Waals surface area contributed by atoms with Gasteiger partial charge in [-0.3, -0.25) is 4.31 Å². The average molecular weight is 257 g/mol. The van der Waals surface area contributed by atoms with Gasteiger partial charge in [0.2, 0.25) is 10.0 Å². The van der Waals surface area contributed by atoms with Gasteiger partial charge in [-0.05, 0) is 19.1 Å². The number of rotatable bonds is 2. The smallest absolute Gasteiger partial charge is 0.234 e. The van der Waals surface area contributed by atoms with Crippen molar-refractivity contribution in [2.75, 3.05) is 16.6 Å². The highest BCUT2D eigenvalue weighted by Gasteiger charge is 2.29. The molecule has 0 N–H and O–H groups in total. The first-order valence-electron chi connectivity index (χ1n) is 5.30. The summed E-state index contributed by atoms with van der Waals surface area (Å²) in [5.41, 5.74) is 0.826. The molecule has 5 heteroatoms. The number of sulfonamides is 1. The predicted molar refractivity (Wildman–Crippen MR) is 68.6 cm³/mol. The Labute approximate surface area is 101 Å². The van der Waals surface area contributed by atoms with Crippen LogP contribution in [0.4, 0.5) is 5.69 Å². The number of anilines is 1. The van der Waals surface area contributed by atoms with Crippen molar-refractivity contribution in [1.82, 2.24) is 0 Å². The molecule has 1 unspecified atom stereocenters. The van der Waals surface area contributed by atoms with Crippen LogP contribution >= 0.6 is 11.8 Å². The largest absolute Gasteiger partial charge is 0.268 e. The molecular weight excluding hydrogens is 242 g/mol. The first-order chi connectivity index (χ1) is 7.54. The molecule has 1 atom stereocenters. The van der Waals surface area contributed by atoms with E-state index in [0.29, 0.717) is 11.8 Å². The molecule has 3 nitrogen and oxygen atoms in total. The summed E-state index contributed by atoms with van der Waals surface area (Å²) in [6.45, 7) is 4.31. The van der Waals surface area contributed by atoms with Crippen LogP contribution in [0, 0.1) is 0 Å². The number of para-hydroxylation sites is 1. The van der Waals surface area contributed by atoms with Crippen LogP contribution in [0.25, 0.3) is 0 Å². The quantitative estimate of drug-likeness (QED) is 0.816. The summed E-state index contributed by atoms with van der Waals surface area (Å²) in [6, 6.07) is 7.68. The van der Waals surface area contributed by atoms with Crippen LogP contribution in [-0.2, 0) is 10.0 Å². The number of nitrogens with zero attached hydrogens (tertiary/aromatic N) is 1. The van der Waals surface area contributed by atoms with Gasteiger partial charge in [0.05, 0.1) is 11.4 Å². The molecule has 0 aromatic heterocycles. The molecule has 0 amide bonds. The summed E-state index contributed by atoms with van der Waals surface area (Å²) in [7, 11) is -3.15. The molecule has 1 heterocycles. The zero-order valence-electron chi connectivity index (χ0n) is 9.38. The van der Waals surface area contributed by atoms with Gasteiger partial charge in [0.1, 0.15) is 0 Å². The Kier molecular flexibility index (Phi) is 3.17. The molecule has 1 aliphatic heterocycles. The van der Waals surface area contributed by atoms with Crippen molar-refractivity contribution in [3.05, 3.63) is 24.3 Å². The third-order valence-electron chi connectivity index (χ3n) is 2.59. The highest BCUT2D eigenvalue weighted by Crippen LogP contribution is 2.39. The Hall–Kier alpha value is -0.680. The fraction of sp³-hybridized carbons (Fsp3) is 0.455. The van der Waals surface area contributed by atoms with E-state index in [4.69, 9.17) is 0 Å². The maximum absolute atomic E-state index is 12.0. The molecule has 16 heavy (non-hydrogen) atoms. The predicted octanol–water partition coefficient (Wildman–Crippen LogP) is 2.34. The van der Waals surface area contributed by atoms with E-state index in [0.717, 1.165) is 10.6 Å². The molecule has 0 saturated heterocycles. The maximum Gasteiger partial charge on any atom is 0.234 e. The van der Waals surface area contributed by atoms with Gasteiger partial charge in [0, 0.05) is 16.7 Å². The molecular formula is C11H15NO2S2. The molecule has 1 aliphatic rings. The van der Waals surface area contributed by atoms with E-state index < -0.39 is 10.0 Å². The monoisotopic (exact) mass is 257 g/mol. The van der Waals surface area contributed by atoms with Crippen molar-refractivity contribution in [2.24, 2.45) is 0 Å². The summed E-state index contributed by atoms with van der Waals surface area (Å²) in [6.07, 6.45) is 0. The average Bonchev–Trinajstić information content (AvgIpc) is 2.28.